The maximum atomic E-state index is 6.00. The van der Waals surface area contributed by atoms with E-state index in [9.17, 15) is 0 Å². The molecule has 1 atom stereocenters. The third-order valence-electron chi connectivity index (χ3n) is 5.55. The van der Waals surface area contributed by atoms with Gasteiger partial charge in [0.05, 0.1) is 6.10 Å². The summed E-state index contributed by atoms with van der Waals surface area (Å²) in [5.74, 6) is 0. The van der Waals surface area contributed by atoms with Crippen LogP contribution >= 0.6 is 27.5 Å². The summed E-state index contributed by atoms with van der Waals surface area (Å²) in [5.41, 5.74) is 2.52. The Hall–Kier alpha value is -1.07. The minimum Gasteiger partial charge on any atom is -0.377 e. The van der Waals surface area contributed by atoms with Crippen LogP contribution in [-0.2, 0) is 4.74 Å². The number of halogens is 2. The number of anilines is 1. The lowest BCUT2D eigenvalue weighted by molar-refractivity contribution is 0.0785. The van der Waals surface area contributed by atoms with E-state index in [1.807, 2.05) is 12.1 Å². The highest BCUT2D eigenvalue weighted by atomic mass is 79.9. The zero-order chi connectivity index (χ0) is 19.2. The predicted octanol–water partition coefficient (Wildman–Crippen LogP) is 5.78. The van der Waals surface area contributed by atoms with Crippen LogP contribution < -0.4 is 4.90 Å². The lowest BCUT2D eigenvalue weighted by atomic mass is 10.0. The van der Waals surface area contributed by atoms with Gasteiger partial charge in [-0.2, -0.15) is 0 Å². The van der Waals surface area contributed by atoms with Crippen molar-refractivity contribution in [2.24, 2.45) is 0 Å². The number of hydrogen-bond acceptors (Lipinski definition) is 3. The molecule has 0 aromatic heterocycles. The number of ether oxygens (including phenoxy) is 1. The standard InChI is InChI=1S/C22H28BrClN2O/c1-25(14-13-22(27-2)17-3-7-19(24)8-4-17)20-11-15-26(16-12-20)21-9-5-18(23)6-10-21/h3-10,20,22H,11-16H2,1-2H3. The first-order valence-corrected chi connectivity index (χ1v) is 10.7. The number of hydrogen-bond donors (Lipinski definition) is 0. The predicted molar refractivity (Wildman–Crippen MR) is 118 cm³/mol. The van der Waals surface area contributed by atoms with Gasteiger partial charge in [-0.15, -0.1) is 0 Å². The van der Waals surface area contributed by atoms with Gasteiger partial charge in [0.2, 0.25) is 0 Å². The van der Waals surface area contributed by atoms with E-state index < -0.39 is 0 Å². The SMILES string of the molecule is COC(CCN(C)C1CCN(c2ccc(Br)cc2)CC1)c1ccc(Cl)cc1. The fraction of sp³-hybridized carbons (Fsp3) is 0.455. The molecule has 0 amide bonds. The number of nitrogens with zero attached hydrogens (tertiary/aromatic N) is 2. The molecule has 146 valence electrons. The molecule has 3 nitrogen and oxygen atoms in total. The minimum atomic E-state index is 0.118. The van der Waals surface area contributed by atoms with Gasteiger partial charge in [-0.25, -0.2) is 0 Å². The Balaban J connectivity index is 1.48. The molecule has 0 aliphatic carbocycles. The van der Waals surface area contributed by atoms with E-state index in [1.165, 1.54) is 24.1 Å². The zero-order valence-corrected chi connectivity index (χ0v) is 18.4. The van der Waals surface area contributed by atoms with Gasteiger partial charge in [0.15, 0.2) is 0 Å². The van der Waals surface area contributed by atoms with E-state index in [4.69, 9.17) is 16.3 Å². The van der Waals surface area contributed by atoms with E-state index in [2.05, 4.69) is 69.2 Å². The zero-order valence-electron chi connectivity index (χ0n) is 16.1. The summed E-state index contributed by atoms with van der Waals surface area (Å²) in [4.78, 5) is 4.99. The molecule has 0 N–H and O–H groups in total. The van der Waals surface area contributed by atoms with Crippen LogP contribution in [0.1, 0.15) is 30.9 Å². The molecule has 3 rings (SSSR count). The highest BCUT2D eigenvalue weighted by molar-refractivity contribution is 9.10. The first kappa shape index (κ1) is 20.7. The van der Waals surface area contributed by atoms with Gasteiger partial charge in [0.1, 0.15) is 0 Å². The number of benzene rings is 2. The van der Waals surface area contributed by atoms with Crippen molar-refractivity contribution < 1.29 is 4.74 Å². The van der Waals surface area contributed by atoms with Crippen molar-refractivity contribution in [2.45, 2.75) is 31.4 Å². The Bertz CT molecular complexity index is 699. The van der Waals surface area contributed by atoms with Gasteiger partial charge in [0.25, 0.3) is 0 Å². The van der Waals surface area contributed by atoms with Crippen molar-refractivity contribution >= 4 is 33.2 Å². The summed E-state index contributed by atoms with van der Waals surface area (Å²) < 4.78 is 6.85. The molecule has 0 spiro atoms. The van der Waals surface area contributed by atoms with Crippen LogP contribution in [0.4, 0.5) is 5.69 Å². The maximum Gasteiger partial charge on any atom is 0.0833 e. The molecule has 2 aromatic carbocycles. The first-order chi connectivity index (χ1) is 13.1. The van der Waals surface area contributed by atoms with Gasteiger partial charge in [-0.05, 0) is 68.3 Å². The smallest absolute Gasteiger partial charge is 0.0833 e. The van der Waals surface area contributed by atoms with E-state index in [1.54, 1.807) is 7.11 Å². The monoisotopic (exact) mass is 450 g/mol. The van der Waals surface area contributed by atoms with Crippen LogP contribution in [0, 0.1) is 0 Å². The number of methoxy groups -OCH3 is 1. The van der Waals surface area contributed by atoms with Crippen molar-refractivity contribution in [3.63, 3.8) is 0 Å². The molecular formula is C22H28BrClN2O. The molecule has 1 heterocycles. The second-order valence-electron chi connectivity index (χ2n) is 7.24. The van der Waals surface area contributed by atoms with Crippen molar-refractivity contribution in [1.82, 2.24) is 4.90 Å². The van der Waals surface area contributed by atoms with Crippen molar-refractivity contribution in [3.8, 4) is 0 Å². The van der Waals surface area contributed by atoms with E-state index in [0.717, 1.165) is 35.6 Å². The van der Waals surface area contributed by atoms with Crippen LogP contribution in [-0.4, -0.2) is 44.7 Å². The molecule has 0 saturated carbocycles. The third-order valence-corrected chi connectivity index (χ3v) is 6.33. The summed E-state index contributed by atoms with van der Waals surface area (Å²) in [7, 11) is 4.03. The molecule has 1 unspecified atom stereocenters. The molecule has 1 fully saturated rings. The van der Waals surface area contributed by atoms with Gasteiger partial charge >= 0.3 is 0 Å². The van der Waals surface area contributed by atoms with Crippen molar-refractivity contribution in [1.29, 1.82) is 0 Å². The first-order valence-electron chi connectivity index (χ1n) is 9.56. The second-order valence-corrected chi connectivity index (χ2v) is 8.59. The summed E-state index contributed by atoms with van der Waals surface area (Å²) >= 11 is 9.51. The Kier molecular flexibility index (Phi) is 7.59. The molecule has 1 aliphatic rings. The van der Waals surface area contributed by atoms with Crippen molar-refractivity contribution in [2.75, 3.05) is 38.7 Å². The summed E-state index contributed by atoms with van der Waals surface area (Å²) in [5, 5.41) is 0.767. The van der Waals surface area contributed by atoms with Crippen LogP contribution in [0.2, 0.25) is 5.02 Å². The fourth-order valence-electron chi connectivity index (χ4n) is 3.82. The summed E-state index contributed by atoms with van der Waals surface area (Å²) in [6.45, 7) is 3.26. The molecule has 0 bridgehead atoms. The van der Waals surface area contributed by atoms with Crippen molar-refractivity contribution in [3.05, 3.63) is 63.6 Å². The van der Waals surface area contributed by atoms with Gasteiger partial charge in [-0.3, -0.25) is 0 Å². The van der Waals surface area contributed by atoms with Crippen LogP contribution in [0.15, 0.2) is 53.0 Å². The quantitative estimate of drug-likeness (QED) is 0.530. The highest BCUT2D eigenvalue weighted by Crippen LogP contribution is 2.26. The molecule has 0 radical (unpaired) electrons. The molecule has 5 heteroatoms. The summed E-state index contributed by atoms with van der Waals surface area (Å²) in [6.07, 6.45) is 3.50. The maximum absolute atomic E-state index is 6.00. The average Bonchev–Trinajstić information content (AvgIpc) is 2.70. The number of rotatable bonds is 7. The van der Waals surface area contributed by atoms with Crippen LogP contribution in [0.3, 0.4) is 0 Å². The molecule has 27 heavy (non-hydrogen) atoms. The van der Waals surface area contributed by atoms with Gasteiger partial charge in [-0.1, -0.05) is 39.7 Å². The lowest BCUT2D eigenvalue weighted by Crippen LogP contribution is -2.43. The second kappa shape index (κ2) is 9.92. The van der Waals surface area contributed by atoms with E-state index in [-0.39, 0.29) is 6.10 Å². The molecule has 1 saturated heterocycles. The average molecular weight is 452 g/mol. The Morgan fingerprint density at radius 3 is 2.33 bits per heavy atom. The molecular weight excluding hydrogens is 424 g/mol. The Morgan fingerprint density at radius 2 is 1.74 bits per heavy atom. The van der Waals surface area contributed by atoms with Gasteiger partial charge in [0, 0.05) is 48.0 Å². The lowest BCUT2D eigenvalue weighted by Gasteiger charge is -2.38. The van der Waals surface area contributed by atoms with Crippen LogP contribution in [0.5, 0.6) is 0 Å². The van der Waals surface area contributed by atoms with E-state index >= 15 is 0 Å². The molecule has 2 aromatic rings. The Labute approximate surface area is 176 Å². The summed E-state index contributed by atoms with van der Waals surface area (Å²) in [6, 6.07) is 17.3. The van der Waals surface area contributed by atoms with E-state index in [0.29, 0.717) is 6.04 Å². The highest BCUT2D eigenvalue weighted by Gasteiger charge is 2.23. The fourth-order valence-corrected chi connectivity index (χ4v) is 4.21. The Morgan fingerprint density at radius 1 is 1.11 bits per heavy atom. The normalized spacial score (nSPS) is 16.7. The molecule has 1 aliphatic heterocycles. The largest absolute Gasteiger partial charge is 0.377 e. The van der Waals surface area contributed by atoms with Crippen LogP contribution in [0.25, 0.3) is 0 Å². The third kappa shape index (κ3) is 5.71. The topological polar surface area (TPSA) is 15.7 Å². The minimum absolute atomic E-state index is 0.118. The van der Waals surface area contributed by atoms with Gasteiger partial charge < -0.3 is 14.5 Å². The number of piperidine rings is 1.